The van der Waals surface area contributed by atoms with Crippen molar-refractivity contribution in [3.63, 3.8) is 0 Å². The molecule has 4 fully saturated rings. The topological polar surface area (TPSA) is 86.7 Å². The molecule has 2 heterocycles. The number of carbonyl (C=O) groups excluding carboxylic acids is 4. The molecule has 0 N–H and O–H groups in total. The second-order valence-electron chi connectivity index (χ2n) is 6.75. The van der Waals surface area contributed by atoms with Gasteiger partial charge in [0.15, 0.2) is 0 Å². The smallest absolute Gasteiger partial charge is 0.318 e. The zero-order chi connectivity index (χ0) is 14.6. The molecule has 2 aliphatic heterocycles. The molecule has 2 saturated carbocycles. The van der Waals surface area contributed by atoms with Gasteiger partial charge < -0.3 is 9.47 Å². The van der Waals surface area contributed by atoms with Crippen LogP contribution in [0.15, 0.2) is 11.6 Å². The maximum absolute atomic E-state index is 12.0. The largest absolute Gasteiger partial charge is 0.393 e. The molecule has 4 aliphatic carbocycles. The summed E-state index contributed by atoms with van der Waals surface area (Å²) in [6.45, 7) is 1.93. The quantitative estimate of drug-likeness (QED) is 0.356. The van der Waals surface area contributed by atoms with Gasteiger partial charge in [-0.15, -0.1) is 0 Å². The summed E-state index contributed by atoms with van der Waals surface area (Å²) >= 11 is 0. The molecule has 0 aromatic rings. The summed E-state index contributed by atoms with van der Waals surface area (Å²) in [5, 5.41) is 0. The van der Waals surface area contributed by atoms with Crippen LogP contribution in [0.25, 0.3) is 0 Å². The Bertz CT molecular complexity index is 676. The monoisotopic (exact) mass is 288 g/mol. The number of carbonyl (C=O) groups is 4. The molecule has 6 aliphatic rings. The minimum Gasteiger partial charge on any atom is -0.393 e. The first-order chi connectivity index (χ1) is 10.0. The Morgan fingerprint density at radius 2 is 1.24 bits per heavy atom. The number of hydrogen-bond donors (Lipinski definition) is 0. The van der Waals surface area contributed by atoms with Crippen LogP contribution in [0.5, 0.6) is 0 Å². The van der Waals surface area contributed by atoms with E-state index in [-0.39, 0.29) is 23.7 Å². The van der Waals surface area contributed by atoms with Gasteiger partial charge in [0, 0.05) is 0 Å². The molecule has 2 bridgehead atoms. The summed E-state index contributed by atoms with van der Waals surface area (Å²) in [5.74, 6) is -4.27. The van der Waals surface area contributed by atoms with Gasteiger partial charge in [0.25, 0.3) is 0 Å². The van der Waals surface area contributed by atoms with Gasteiger partial charge in [-0.3, -0.25) is 19.2 Å². The summed E-state index contributed by atoms with van der Waals surface area (Å²) in [6, 6.07) is 0. The van der Waals surface area contributed by atoms with Crippen LogP contribution in [-0.4, -0.2) is 23.9 Å². The Morgan fingerprint density at radius 1 is 0.714 bits per heavy atom. The molecule has 8 atom stereocenters. The summed E-state index contributed by atoms with van der Waals surface area (Å²) in [5.41, 5.74) is 1.03. The van der Waals surface area contributed by atoms with Crippen molar-refractivity contribution in [3.8, 4) is 0 Å². The molecule has 0 radical (unpaired) electrons. The predicted octanol–water partition coefficient (Wildman–Crippen LogP) is 0.0699. The molecule has 0 unspecified atom stereocenters. The standard InChI is InChI=1S/C15H12O6/c1-3-2-4-6-8(11-10(6)14(18)21-15(11)19)5(3)9-7(4)12(16)20-13(9)17/h2,4-11H,1H3/t4-,5+,6+,7+,8+,9+,10+,11+/m0/s1. The second-order valence-corrected chi connectivity index (χ2v) is 6.75. The average molecular weight is 288 g/mol. The van der Waals surface area contributed by atoms with E-state index in [0.29, 0.717) is 0 Å². The van der Waals surface area contributed by atoms with E-state index in [4.69, 9.17) is 9.47 Å². The van der Waals surface area contributed by atoms with Crippen LogP contribution in [-0.2, 0) is 28.7 Å². The van der Waals surface area contributed by atoms with E-state index in [9.17, 15) is 19.2 Å². The van der Waals surface area contributed by atoms with E-state index < -0.39 is 47.5 Å². The Balaban J connectivity index is 1.66. The highest BCUT2D eigenvalue weighted by molar-refractivity contribution is 6.01. The number of allylic oxidation sites excluding steroid dienone is 2. The number of hydrogen-bond acceptors (Lipinski definition) is 6. The van der Waals surface area contributed by atoms with E-state index in [1.807, 2.05) is 13.0 Å². The first-order valence-corrected chi connectivity index (χ1v) is 7.20. The van der Waals surface area contributed by atoms with Crippen LogP contribution in [0.1, 0.15) is 6.92 Å². The highest BCUT2D eigenvalue weighted by Crippen LogP contribution is 2.69. The Hall–Kier alpha value is -1.98. The van der Waals surface area contributed by atoms with Gasteiger partial charge in [-0.2, -0.15) is 0 Å². The van der Waals surface area contributed by atoms with Crippen molar-refractivity contribution in [1.82, 2.24) is 0 Å². The van der Waals surface area contributed by atoms with Crippen LogP contribution in [0.4, 0.5) is 0 Å². The third-order valence-corrected chi connectivity index (χ3v) is 6.18. The van der Waals surface area contributed by atoms with Crippen LogP contribution < -0.4 is 0 Å². The van der Waals surface area contributed by atoms with Crippen LogP contribution in [0, 0.1) is 47.3 Å². The van der Waals surface area contributed by atoms with Crippen molar-refractivity contribution >= 4 is 23.9 Å². The van der Waals surface area contributed by atoms with Gasteiger partial charge >= 0.3 is 23.9 Å². The molecular weight excluding hydrogens is 276 g/mol. The Kier molecular flexibility index (Phi) is 1.81. The number of esters is 4. The maximum Gasteiger partial charge on any atom is 0.318 e. The molecule has 6 rings (SSSR count). The van der Waals surface area contributed by atoms with Crippen molar-refractivity contribution in [2.75, 3.05) is 0 Å². The lowest BCUT2D eigenvalue weighted by molar-refractivity contribution is -0.168. The zero-order valence-electron chi connectivity index (χ0n) is 11.1. The van der Waals surface area contributed by atoms with Gasteiger partial charge in [0.1, 0.15) is 0 Å². The minimum atomic E-state index is -0.489. The van der Waals surface area contributed by atoms with E-state index in [1.54, 1.807) is 0 Å². The van der Waals surface area contributed by atoms with E-state index >= 15 is 0 Å². The maximum atomic E-state index is 12.0. The lowest BCUT2D eigenvalue weighted by Crippen LogP contribution is -2.64. The molecular formula is C15H12O6. The number of cyclic esters (lactones) is 4. The molecule has 0 spiro atoms. The Morgan fingerprint density at radius 3 is 1.90 bits per heavy atom. The first kappa shape index (κ1) is 11.7. The fraction of sp³-hybridized carbons (Fsp3) is 0.600. The van der Waals surface area contributed by atoms with Crippen LogP contribution in [0.2, 0.25) is 0 Å². The molecule has 0 amide bonds. The molecule has 21 heavy (non-hydrogen) atoms. The highest BCUT2D eigenvalue weighted by Gasteiger charge is 2.75. The molecule has 6 nitrogen and oxygen atoms in total. The normalized spacial score (nSPS) is 52.5. The van der Waals surface area contributed by atoms with Crippen LogP contribution >= 0.6 is 0 Å². The zero-order valence-corrected chi connectivity index (χ0v) is 11.1. The van der Waals surface area contributed by atoms with Gasteiger partial charge in [0.2, 0.25) is 0 Å². The average Bonchev–Trinajstić information content (AvgIpc) is 2.79. The van der Waals surface area contributed by atoms with E-state index in [1.165, 1.54) is 0 Å². The summed E-state index contributed by atoms with van der Waals surface area (Å²) in [6.07, 6.45) is 2.00. The lowest BCUT2D eigenvalue weighted by Gasteiger charge is -2.60. The fourth-order valence-corrected chi connectivity index (χ4v) is 5.60. The number of fused-ring (bicyclic) bond motifs is 1. The molecule has 0 aromatic carbocycles. The van der Waals surface area contributed by atoms with Crippen molar-refractivity contribution in [2.45, 2.75) is 6.92 Å². The number of rotatable bonds is 0. The molecule has 108 valence electrons. The predicted molar refractivity (Wildman–Crippen MR) is 63.9 cm³/mol. The summed E-state index contributed by atoms with van der Waals surface area (Å²) in [4.78, 5) is 47.7. The summed E-state index contributed by atoms with van der Waals surface area (Å²) < 4.78 is 9.60. The van der Waals surface area contributed by atoms with Crippen molar-refractivity contribution in [3.05, 3.63) is 11.6 Å². The molecule has 0 aromatic heterocycles. The lowest BCUT2D eigenvalue weighted by atomic mass is 9.39. The van der Waals surface area contributed by atoms with Gasteiger partial charge in [0.05, 0.1) is 23.7 Å². The minimum absolute atomic E-state index is 0.0661. The third-order valence-electron chi connectivity index (χ3n) is 6.18. The SMILES string of the molecule is CC1=C[C@@H]2[C@H]3C(=O)OC(=O)[C@@H]3[C@H]1[C@H]1[C@H]3C(=O)OC(=O)[C@@H]3[C@H]21. The van der Waals surface area contributed by atoms with Gasteiger partial charge in [-0.1, -0.05) is 11.6 Å². The van der Waals surface area contributed by atoms with Gasteiger partial charge in [-0.05, 0) is 30.6 Å². The first-order valence-electron chi connectivity index (χ1n) is 7.20. The fourth-order valence-electron chi connectivity index (χ4n) is 5.60. The van der Waals surface area contributed by atoms with Crippen LogP contribution in [0.3, 0.4) is 0 Å². The third kappa shape index (κ3) is 1.06. The van der Waals surface area contributed by atoms with E-state index in [2.05, 4.69) is 0 Å². The van der Waals surface area contributed by atoms with Gasteiger partial charge in [-0.25, -0.2) is 0 Å². The van der Waals surface area contributed by atoms with Crippen molar-refractivity contribution in [2.24, 2.45) is 47.3 Å². The second kappa shape index (κ2) is 3.26. The molecule has 2 saturated heterocycles. The Labute approximate surface area is 119 Å². The number of ether oxygens (including phenoxy) is 2. The van der Waals surface area contributed by atoms with Crippen molar-refractivity contribution in [1.29, 1.82) is 0 Å². The van der Waals surface area contributed by atoms with Crippen molar-refractivity contribution < 1.29 is 28.7 Å². The highest BCUT2D eigenvalue weighted by atomic mass is 16.6. The van der Waals surface area contributed by atoms with E-state index in [0.717, 1.165) is 5.57 Å². The summed E-state index contributed by atoms with van der Waals surface area (Å²) in [7, 11) is 0. The molecule has 6 heteroatoms.